The van der Waals surface area contributed by atoms with Gasteiger partial charge in [-0.25, -0.2) is 0 Å². The van der Waals surface area contributed by atoms with Crippen LogP contribution in [0.15, 0.2) is 39.8 Å². The molecule has 1 aliphatic heterocycles. The van der Waals surface area contributed by atoms with Gasteiger partial charge >= 0.3 is 174 Å². The van der Waals surface area contributed by atoms with E-state index in [0.29, 0.717) is 6.04 Å². The first-order valence-electron chi connectivity index (χ1n) is 9.50. The van der Waals surface area contributed by atoms with Crippen LogP contribution in [-0.4, -0.2) is 42.4 Å². The molecule has 0 saturated heterocycles. The molecule has 0 bridgehead atoms. The first kappa shape index (κ1) is 22.1. The molecule has 5 heteroatoms. The Hall–Kier alpha value is -0.226. The fourth-order valence-corrected chi connectivity index (χ4v) is 8.18. The van der Waals surface area contributed by atoms with E-state index in [4.69, 9.17) is 4.90 Å². The molecule has 1 aliphatic rings. The second kappa shape index (κ2) is 7.65. The van der Waals surface area contributed by atoms with Gasteiger partial charge in [-0.1, -0.05) is 0 Å². The quantitative estimate of drug-likeness (QED) is 0.400. The minimum atomic E-state index is -2.35. The Morgan fingerprint density at radius 3 is 2.04 bits per heavy atom. The fraction of sp³-hybridized carbons (Fsp3) is 0.571. The summed E-state index contributed by atoms with van der Waals surface area (Å²) < 4.78 is 2.69. The van der Waals surface area contributed by atoms with Crippen LogP contribution < -0.4 is 0 Å². The van der Waals surface area contributed by atoms with E-state index in [2.05, 4.69) is 114 Å². The molecule has 0 amide bonds. The maximum absolute atomic E-state index is 4.95. The molecule has 2 nitrogen and oxygen atoms in total. The molecule has 1 atom stereocenters. The van der Waals surface area contributed by atoms with Gasteiger partial charge in [0, 0.05) is 0 Å². The van der Waals surface area contributed by atoms with E-state index in [-0.39, 0.29) is 17.7 Å². The van der Waals surface area contributed by atoms with Crippen molar-refractivity contribution in [3.05, 3.63) is 40.5 Å². The number of benzene rings is 1. The number of hydrogen-bond acceptors (Lipinski definition) is 2. The third-order valence-electron chi connectivity index (χ3n) is 4.88. The van der Waals surface area contributed by atoms with Gasteiger partial charge in [0.15, 0.2) is 0 Å². The summed E-state index contributed by atoms with van der Waals surface area (Å²) in [5.41, 5.74) is 1.52. The summed E-state index contributed by atoms with van der Waals surface area (Å²) >= 11 is 1.22. The number of halogens is 1. The number of rotatable bonds is 3. The summed E-state index contributed by atoms with van der Waals surface area (Å²) in [6.45, 7) is 14.0. The van der Waals surface area contributed by atoms with Crippen LogP contribution in [0.2, 0.25) is 20.1 Å². The molecule has 1 aromatic carbocycles. The summed E-state index contributed by atoms with van der Waals surface area (Å²) in [6, 6.07) is 9.15. The van der Waals surface area contributed by atoms with E-state index in [1.807, 2.05) is 0 Å². The van der Waals surface area contributed by atoms with Crippen molar-refractivity contribution >= 4 is 51.1 Å². The van der Waals surface area contributed by atoms with E-state index in [0.717, 1.165) is 4.47 Å². The van der Waals surface area contributed by atoms with E-state index in [1.165, 1.54) is 5.56 Å². The van der Waals surface area contributed by atoms with Crippen LogP contribution in [0.25, 0.3) is 3.59 Å². The van der Waals surface area contributed by atoms with Gasteiger partial charge in [0.25, 0.3) is 0 Å². The zero-order valence-corrected chi connectivity index (χ0v) is 22.3. The first-order valence-corrected chi connectivity index (χ1v) is 20.3. The van der Waals surface area contributed by atoms with Gasteiger partial charge < -0.3 is 0 Å². The molecule has 0 aromatic heterocycles. The SMILES string of the molecule is CC(C)(C)B1N=CC(C(C)(C)C)N1/C=[C](/c1ccc(Br)cc1)[Sn]([CH3])([CH3])[CH3]. The van der Waals surface area contributed by atoms with Crippen molar-refractivity contribution in [2.24, 2.45) is 10.3 Å². The fourth-order valence-electron chi connectivity index (χ4n) is 3.44. The Balaban J connectivity index is 2.58. The Morgan fingerprint density at radius 1 is 1.08 bits per heavy atom. The Morgan fingerprint density at radius 2 is 1.62 bits per heavy atom. The predicted molar refractivity (Wildman–Crippen MR) is 125 cm³/mol. The summed E-state index contributed by atoms with van der Waals surface area (Å²) in [5, 5.41) is 0.102. The predicted octanol–water partition coefficient (Wildman–Crippen LogP) is 6.76. The Bertz CT molecular complexity index is 667. The normalized spacial score (nSPS) is 19.5. The van der Waals surface area contributed by atoms with Crippen LogP contribution in [0, 0.1) is 5.41 Å². The zero-order valence-electron chi connectivity index (χ0n) is 17.9. The van der Waals surface area contributed by atoms with Crippen molar-refractivity contribution in [1.82, 2.24) is 4.81 Å². The van der Waals surface area contributed by atoms with Crippen molar-refractivity contribution in [3.8, 4) is 0 Å². The first-order chi connectivity index (χ1) is 11.7. The topological polar surface area (TPSA) is 15.6 Å². The van der Waals surface area contributed by atoms with E-state index in [1.54, 1.807) is 3.59 Å². The third kappa shape index (κ3) is 5.18. The van der Waals surface area contributed by atoms with Gasteiger partial charge in [-0.2, -0.15) is 0 Å². The average Bonchev–Trinajstić information content (AvgIpc) is 2.88. The van der Waals surface area contributed by atoms with Crippen molar-refractivity contribution in [1.29, 1.82) is 0 Å². The molecule has 0 aliphatic carbocycles. The van der Waals surface area contributed by atoms with Crippen molar-refractivity contribution in [2.45, 2.75) is 67.7 Å². The molecule has 0 N–H and O–H groups in total. The molecule has 0 saturated carbocycles. The Labute approximate surface area is 173 Å². The number of hydrogen-bond donors (Lipinski definition) is 0. The minimum absolute atomic E-state index is 0.102. The molecule has 1 unspecified atom stereocenters. The molecule has 0 radical (unpaired) electrons. The molecule has 26 heavy (non-hydrogen) atoms. The second-order valence-electron chi connectivity index (χ2n) is 10.6. The third-order valence-corrected chi connectivity index (χ3v) is 11.2. The van der Waals surface area contributed by atoms with Crippen molar-refractivity contribution < 1.29 is 0 Å². The van der Waals surface area contributed by atoms with Crippen molar-refractivity contribution in [2.75, 3.05) is 0 Å². The molecular weight excluding hydrogens is 490 g/mol. The summed E-state index contributed by atoms with van der Waals surface area (Å²) in [5.74, 6) is 0. The maximum atomic E-state index is 4.95. The van der Waals surface area contributed by atoms with E-state index < -0.39 is 18.4 Å². The van der Waals surface area contributed by atoms with Gasteiger partial charge in [0.2, 0.25) is 0 Å². The van der Waals surface area contributed by atoms with Crippen LogP contribution in [0.4, 0.5) is 0 Å². The molecule has 1 heterocycles. The second-order valence-corrected chi connectivity index (χ2v) is 25.9. The van der Waals surface area contributed by atoms with Gasteiger partial charge in [0.05, 0.1) is 0 Å². The van der Waals surface area contributed by atoms with Gasteiger partial charge in [0.1, 0.15) is 0 Å². The molecule has 142 valence electrons. The molecule has 0 spiro atoms. The number of nitrogens with zero attached hydrogens (tertiary/aromatic N) is 2. The summed E-state index contributed by atoms with van der Waals surface area (Å²) in [4.78, 5) is 15.0. The van der Waals surface area contributed by atoms with Crippen LogP contribution in [0.1, 0.15) is 47.1 Å². The van der Waals surface area contributed by atoms with Crippen LogP contribution in [0.5, 0.6) is 0 Å². The van der Waals surface area contributed by atoms with Crippen LogP contribution in [0.3, 0.4) is 0 Å². The average molecular weight is 524 g/mol. The van der Waals surface area contributed by atoms with Crippen LogP contribution >= 0.6 is 15.9 Å². The van der Waals surface area contributed by atoms with E-state index in [9.17, 15) is 0 Å². The molecule has 2 rings (SSSR count). The van der Waals surface area contributed by atoms with E-state index >= 15 is 0 Å². The summed E-state index contributed by atoms with van der Waals surface area (Å²) in [7, 11) is 0. The van der Waals surface area contributed by atoms with Gasteiger partial charge in [-0.05, 0) is 0 Å². The van der Waals surface area contributed by atoms with Crippen molar-refractivity contribution in [3.63, 3.8) is 0 Å². The molecular formula is C21H34BBrN2Sn. The standard InChI is InChI=1S/C18H25BBrN2.3CH3.Sn/c1-17(2,3)16-13-21-19(18(4,5)6)22(16)12-11-14-7-9-15(20)10-8-14;;;;/h7-10,12-13,16H,1-6H3;3*1H3;. The summed E-state index contributed by atoms with van der Waals surface area (Å²) in [6.07, 6.45) is 4.65. The van der Waals surface area contributed by atoms with Crippen LogP contribution in [-0.2, 0) is 0 Å². The zero-order chi connectivity index (χ0) is 19.9. The monoisotopic (exact) mass is 524 g/mol. The van der Waals surface area contributed by atoms with Gasteiger partial charge in [-0.3, -0.25) is 0 Å². The van der Waals surface area contributed by atoms with Gasteiger partial charge in [-0.15, -0.1) is 0 Å². The molecule has 1 aromatic rings. The molecule has 0 fully saturated rings. The Kier molecular flexibility index (Phi) is 6.50.